The third kappa shape index (κ3) is 6.22. The minimum atomic E-state index is -0.140. The number of halogens is 1. The first-order chi connectivity index (χ1) is 8.24. The van der Waals surface area contributed by atoms with Crippen molar-refractivity contribution in [3.8, 4) is 0 Å². The molecule has 5 nitrogen and oxygen atoms in total. The van der Waals surface area contributed by atoms with Crippen LogP contribution >= 0.6 is 12.4 Å². The fourth-order valence-electron chi connectivity index (χ4n) is 1.29. The van der Waals surface area contributed by atoms with Crippen LogP contribution in [0.3, 0.4) is 0 Å². The first-order valence-electron chi connectivity index (χ1n) is 5.54. The van der Waals surface area contributed by atoms with Crippen molar-refractivity contribution in [1.82, 2.24) is 10.6 Å². The van der Waals surface area contributed by atoms with Crippen LogP contribution in [0.5, 0.6) is 0 Å². The van der Waals surface area contributed by atoms with Gasteiger partial charge < -0.3 is 16.4 Å². The molecule has 0 aliphatic rings. The van der Waals surface area contributed by atoms with E-state index in [1.54, 1.807) is 24.3 Å². The maximum Gasteiger partial charge on any atom is 0.251 e. The number of rotatable bonds is 6. The Hall–Kier alpha value is -1.59. The minimum absolute atomic E-state index is 0. The molecule has 1 rings (SSSR count). The Labute approximate surface area is 113 Å². The Balaban J connectivity index is 0.00000289. The molecule has 0 bridgehead atoms. The third-order valence-electron chi connectivity index (χ3n) is 2.14. The van der Waals surface area contributed by atoms with Crippen LogP contribution in [0.1, 0.15) is 16.8 Å². The Morgan fingerprint density at radius 1 is 1.06 bits per heavy atom. The van der Waals surface area contributed by atoms with Crippen molar-refractivity contribution in [3.63, 3.8) is 0 Å². The molecule has 0 fully saturated rings. The van der Waals surface area contributed by atoms with Crippen molar-refractivity contribution in [2.45, 2.75) is 6.42 Å². The van der Waals surface area contributed by atoms with Gasteiger partial charge in [0.2, 0.25) is 5.91 Å². The highest BCUT2D eigenvalue weighted by Crippen LogP contribution is 1.96. The number of hydrogen-bond donors (Lipinski definition) is 3. The van der Waals surface area contributed by atoms with E-state index in [4.69, 9.17) is 5.73 Å². The van der Waals surface area contributed by atoms with Gasteiger partial charge in [-0.2, -0.15) is 0 Å². The molecule has 6 heteroatoms. The molecule has 2 amide bonds. The fourth-order valence-corrected chi connectivity index (χ4v) is 1.29. The fraction of sp³-hybridized carbons (Fsp3) is 0.333. The van der Waals surface area contributed by atoms with Gasteiger partial charge in [-0.25, -0.2) is 0 Å². The van der Waals surface area contributed by atoms with Gasteiger partial charge >= 0.3 is 0 Å². The number of amides is 2. The number of nitrogens with two attached hydrogens (primary N) is 1. The van der Waals surface area contributed by atoms with Gasteiger partial charge in [0.15, 0.2) is 0 Å². The zero-order valence-corrected chi connectivity index (χ0v) is 10.8. The topological polar surface area (TPSA) is 84.2 Å². The van der Waals surface area contributed by atoms with E-state index in [2.05, 4.69) is 10.6 Å². The van der Waals surface area contributed by atoms with Crippen molar-refractivity contribution in [1.29, 1.82) is 0 Å². The van der Waals surface area contributed by atoms with E-state index in [1.165, 1.54) is 0 Å². The Bertz CT molecular complexity index is 371. The first-order valence-corrected chi connectivity index (χ1v) is 5.54. The molecule has 0 aliphatic carbocycles. The third-order valence-corrected chi connectivity index (χ3v) is 2.14. The second kappa shape index (κ2) is 9.44. The highest BCUT2D eigenvalue weighted by molar-refractivity contribution is 5.94. The van der Waals surface area contributed by atoms with Crippen LogP contribution in [-0.2, 0) is 4.79 Å². The molecule has 0 atom stereocenters. The Kier molecular flexibility index (Phi) is 8.61. The predicted octanol–water partition coefficient (Wildman–Crippen LogP) is 0.303. The van der Waals surface area contributed by atoms with Gasteiger partial charge in [0, 0.05) is 31.6 Å². The van der Waals surface area contributed by atoms with Crippen LogP contribution < -0.4 is 16.4 Å². The predicted molar refractivity (Wildman–Crippen MR) is 72.7 cm³/mol. The molecule has 0 unspecified atom stereocenters. The second-order valence-corrected chi connectivity index (χ2v) is 3.51. The van der Waals surface area contributed by atoms with Crippen molar-refractivity contribution in [2.24, 2.45) is 5.73 Å². The summed E-state index contributed by atoms with van der Waals surface area (Å²) in [5.41, 5.74) is 5.84. The molecule has 18 heavy (non-hydrogen) atoms. The lowest BCUT2D eigenvalue weighted by molar-refractivity contribution is -0.120. The number of carbonyl (C=O) groups is 2. The van der Waals surface area contributed by atoms with Crippen molar-refractivity contribution >= 4 is 24.2 Å². The molecule has 0 radical (unpaired) electrons. The molecule has 0 aromatic heterocycles. The van der Waals surface area contributed by atoms with Crippen LogP contribution in [0.4, 0.5) is 0 Å². The first kappa shape index (κ1) is 16.4. The maximum absolute atomic E-state index is 11.6. The van der Waals surface area contributed by atoms with Gasteiger partial charge in [0.1, 0.15) is 0 Å². The van der Waals surface area contributed by atoms with Gasteiger partial charge in [0.05, 0.1) is 0 Å². The molecule has 0 saturated heterocycles. The van der Waals surface area contributed by atoms with Crippen LogP contribution in [-0.4, -0.2) is 31.4 Å². The molecule has 1 aromatic rings. The van der Waals surface area contributed by atoms with E-state index in [0.29, 0.717) is 31.6 Å². The van der Waals surface area contributed by atoms with E-state index in [9.17, 15) is 9.59 Å². The van der Waals surface area contributed by atoms with Crippen molar-refractivity contribution < 1.29 is 9.59 Å². The van der Waals surface area contributed by atoms with E-state index in [0.717, 1.165) is 0 Å². The van der Waals surface area contributed by atoms with E-state index >= 15 is 0 Å². The van der Waals surface area contributed by atoms with E-state index in [1.807, 2.05) is 6.07 Å². The van der Waals surface area contributed by atoms with Gasteiger partial charge in [-0.1, -0.05) is 18.2 Å². The number of hydrogen-bond acceptors (Lipinski definition) is 3. The summed E-state index contributed by atoms with van der Waals surface area (Å²) < 4.78 is 0. The quantitative estimate of drug-likeness (QED) is 0.651. The highest BCUT2D eigenvalue weighted by atomic mass is 35.5. The summed E-state index contributed by atoms with van der Waals surface area (Å²) in [5, 5.41) is 5.37. The molecule has 1 aromatic carbocycles. The summed E-state index contributed by atoms with van der Waals surface area (Å²) in [4.78, 5) is 22.6. The Morgan fingerprint density at radius 3 is 2.28 bits per heavy atom. The van der Waals surface area contributed by atoms with Crippen LogP contribution in [0.2, 0.25) is 0 Å². The smallest absolute Gasteiger partial charge is 0.251 e. The zero-order chi connectivity index (χ0) is 12.5. The molecule has 100 valence electrons. The summed E-state index contributed by atoms with van der Waals surface area (Å²) in [6, 6.07) is 8.93. The summed E-state index contributed by atoms with van der Waals surface area (Å²) in [5.74, 6) is -0.236. The van der Waals surface area contributed by atoms with E-state index in [-0.39, 0.29) is 24.2 Å². The number of benzene rings is 1. The van der Waals surface area contributed by atoms with Gasteiger partial charge in [-0.15, -0.1) is 12.4 Å². The lowest BCUT2D eigenvalue weighted by Gasteiger charge is -2.06. The van der Waals surface area contributed by atoms with Gasteiger partial charge in [0.25, 0.3) is 5.91 Å². The maximum atomic E-state index is 11.6. The molecule has 0 spiro atoms. The SMILES string of the molecule is Cl.NCCC(=O)NCCNC(=O)c1ccccc1. The number of carbonyl (C=O) groups excluding carboxylic acids is 2. The normalized spacial score (nSPS) is 9.17. The summed E-state index contributed by atoms with van der Waals surface area (Å²) >= 11 is 0. The summed E-state index contributed by atoms with van der Waals surface area (Å²) in [7, 11) is 0. The van der Waals surface area contributed by atoms with E-state index < -0.39 is 0 Å². The molecule has 0 saturated carbocycles. The van der Waals surface area contributed by atoms with Gasteiger partial charge in [-0.05, 0) is 12.1 Å². The zero-order valence-electron chi connectivity index (χ0n) is 10.0. The van der Waals surface area contributed by atoms with Crippen LogP contribution in [0.25, 0.3) is 0 Å². The lowest BCUT2D eigenvalue weighted by atomic mass is 10.2. The molecular formula is C12H18ClN3O2. The minimum Gasteiger partial charge on any atom is -0.354 e. The molecule has 0 heterocycles. The van der Waals surface area contributed by atoms with Crippen LogP contribution in [0.15, 0.2) is 30.3 Å². The molecule has 0 aliphatic heterocycles. The lowest BCUT2D eigenvalue weighted by Crippen LogP contribution is -2.35. The average molecular weight is 272 g/mol. The highest BCUT2D eigenvalue weighted by Gasteiger charge is 2.03. The van der Waals surface area contributed by atoms with Crippen molar-refractivity contribution in [2.75, 3.05) is 19.6 Å². The summed E-state index contributed by atoms with van der Waals surface area (Å²) in [6.45, 7) is 1.16. The monoisotopic (exact) mass is 271 g/mol. The standard InChI is InChI=1S/C12H17N3O2.ClH/c13-7-6-11(16)14-8-9-15-12(17)10-4-2-1-3-5-10;/h1-5H,6-9,13H2,(H,14,16)(H,15,17);1H. The second-order valence-electron chi connectivity index (χ2n) is 3.51. The average Bonchev–Trinajstić information content (AvgIpc) is 2.36. The largest absolute Gasteiger partial charge is 0.354 e. The molecular weight excluding hydrogens is 254 g/mol. The Morgan fingerprint density at radius 2 is 1.67 bits per heavy atom. The van der Waals surface area contributed by atoms with Crippen molar-refractivity contribution in [3.05, 3.63) is 35.9 Å². The van der Waals surface area contributed by atoms with Crippen LogP contribution in [0, 0.1) is 0 Å². The summed E-state index contributed by atoms with van der Waals surface area (Å²) in [6.07, 6.45) is 0.312. The number of nitrogens with one attached hydrogen (secondary N) is 2. The van der Waals surface area contributed by atoms with Gasteiger partial charge in [-0.3, -0.25) is 9.59 Å². The molecule has 4 N–H and O–H groups in total.